The molecule has 176 valence electrons. The number of halogens is 5. The lowest BCUT2D eigenvalue weighted by molar-refractivity contribution is -0.248. The molecule has 1 aliphatic rings. The Morgan fingerprint density at radius 3 is 2.12 bits per heavy atom. The number of carbonyl (C=O) groups is 2. The highest BCUT2D eigenvalue weighted by molar-refractivity contribution is 7.86. The van der Waals surface area contributed by atoms with Crippen LogP contribution in [0.1, 0.15) is 31.8 Å². The lowest BCUT2D eigenvalue weighted by atomic mass is 10.1. The van der Waals surface area contributed by atoms with Gasteiger partial charge in [0.05, 0.1) is 11.1 Å². The van der Waals surface area contributed by atoms with Crippen LogP contribution in [0, 0.1) is 0 Å². The van der Waals surface area contributed by atoms with Crippen molar-refractivity contribution in [2.24, 2.45) is 0 Å². The Morgan fingerprint density at radius 2 is 1.55 bits per heavy atom. The largest absolute Gasteiger partial charge is 0.743 e. The molecule has 0 saturated carbocycles. The van der Waals surface area contributed by atoms with E-state index < -0.39 is 45.2 Å². The summed E-state index contributed by atoms with van der Waals surface area (Å²) in [6.45, 7) is 0. The second-order valence-corrected chi connectivity index (χ2v) is 8.23. The molecule has 0 amide bonds. The van der Waals surface area contributed by atoms with Crippen molar-refractivity contribution in [1.82, 2.24) is 0 Å². The highest BCUT2D eigenvalue weighted by Gasteiger charge is 2.63. The summed E-state index contributed by atoms with van der Waals surface area (Å²) in [5.41, 5.74) is 1.36. The normalized spacial score (nSPS) is 14.5. The fourth-order valence-corrected chi connectivity index (χ4v) is 3.29. The van der Waals surface area contributed by atoms with E-state index in [0.717, 1.165) is 35.4 Å². The predicted molar refractivity (Wildman–Crippen MR) is 100 cm³/mol. The molecule has 0 aliphatic heterocycles. The van der Waals surface area contributed by atoms with Gasteiger partial charge in [0.2, 0.25) is 0 Å². The quantitative estimate of drug-likeness (QED) is 0.262. The summed E-state index contributed by atoms with van der Waals surface area (Å²) in [6.07, 6.45) is -6.15. The Hall–Kier alpha value is -3.32. The minimum absolute atomic E-state index is 0.130. The monoisotopic (exact) mass is 491 g/mol. The molecule has 2 aromatic carbocycles. The molecule has 0 heterocycles. The van der Waals surface area contributed by atoms with Crippen molar-refractivity contribution in [3.05, 3.63) is 70.8 Å². The molecule has 0 aromatic heterocycles. The van der Waals surface area contributed by atoms with Crippen molar-refractivity contribution in [2.45, 2.75) is 24.0 Å². The van der Waals surface area contributed by atoms with Crippen LogP contribution in [-0.4, -0.2) is 42.4 Å². The third-order valence-corrected chi connectivity index (χ3v) is 5.36. The van der Waals surface area contributed by atoms with Crippen LogP contribution in [0.4, 0.5) is 22.0 Å². The molecular formula is C20H12F5O7S-. The molecule has 1 unspecified atom stereocenters. The second kappa shape index (κ2) is 8.56. The molecule has 2 aromatic rings. The van der Waals surface area contributed by atoms with Crippen LogP contribution in [0.2, 0.25) is 0 Å². The molecule has 3 rings (SSSR count). The van der Waals surface area contributed by atoms with E-state index in [2.05, 4.69) is 4.74 Å². The summed E-state index contributed by atoms with van der Waals surface area (Å²) in [5, 5.41) is -5.96. The molecule has 7 nitrogen and oxygen atoms in total. The third-order valence-electron chi connectivity index (χ3n) is 4.48. The van der Waals surface area contributed by atoms with Gasteiger partial charge >= 0.3 is 23.4 Å². The lowest BCUT2D eigenvalue weighted by Crippen LogP contribution is -2.52. The van der Waals surface area contributed by atoms with E-state index in [9.17, 15) is 44.5 Å². The summed E-state index contributed by atoms with van der Waals surface area (Å²) in [7, 11) is -6.81. The average Bonchev–Trinajstić information content (AvgIpc) is 3.18. The van der Waals surface area contributed by atoms with Crippen LogP contribution in [0.3, 0.4) is 0 Å². The summed E-state index contributed by atoms with van der Waals surface area (Å²) < 4.78 is 106. The Bertz CT molecular complexity index is 1220. The predicted octanol–water partition coefficient (Wildman–Crippen LogP) is 3.70. The van der Waals surface area contributed by atoms with Gasteiger partial charge in [0.1, 0.15) is 5.75 Å². The van der Waals surface area contributed by atoms with Gasteiger partial charge in [-0.05, 0) is 53.9 Å². The Balaban J connectivity index is 1.72. The van der Waals surface area contributed by atoms with Gasteiger partial charge in [-0.25, -0.2) is 18.0 Å². The number of esters is 2. The van der Waals surface area contributed by atoms with Crippen molar-refractivity contribution in [3.8, 4) is 5.75 Å². The number of benzene rings is 2. The van der Waals surface area contributed by atoms with Crippen LogP contribution in [0.25, 0.3) is 6.08 Å². The van der Waals surface area contributed by atoms with Gasteiger partial charge < -0.3 is 14.0 Å². The minimum atomic E-state index is -6.81. The van der Waals surface area contributed by atoms with Crippen LogP contribution >= 0.6 is 0 Å². The number of ether oxygens (including phenoxy) is 2. The first-order valence-electron chi connectivity index (χ1n) is 8.93. The molecule has 1 aliphatic carbocycles. The molecule has 33 heavy (non-hydrogen) atoms. The van der Waals surface area contributed by atoms with Crippen LogP contribution in [0.15, 0.2) is 48.5 Å². The minimum Gasteiger partial charge on any atom is -0.743 e. The van der Waals surface area contributed by atoms with Crippen molar-refractivity contribution < 1.29 is 54.0 Å². The zero-order valence-electron chi connectivity index (χ0n) is 16.1. The van der Waals surface area contributed by atoms with E-state index in [1.165, 1.54) is 6.07 Å². The van der Waals surface area contributed by atoms with Crippen LogP contribution in [-0.2, 0) is 21.3 Å². The fourth-order valence-electron chi connectivity index (χ4n) is 2.84. The Kier molecular flexibility index (Phi) is 6.31. The summed E-state index contributed by atoms with van der Waals surface area (Å²) >= 11 is 0. The number of hydrogen-bond acceptors (Lipinski definition) is 7. The van der Waals surface area contributed by atoms with E-state index in [0.29, 0.717) is 6.42 Å². The number of fused-ring (bicyclic) bond motifs is 1. The lowest BCUT2D eigenvalue weighted by Gasteiger charge is -2.29. The van der Waals surface area contributed by atoms with E-state index in [4.69, 9.17) is 4.74 Å². The van der Waals surface area contributed by atoms with Crippen molar-refractivity contribution in [1.29, 1.82) is 0 Å². The van der Waals surface area contributed by atoms with Gasteiger partial charge in [0.15, 0.2) is 10.1 Å². The van der Waals surface area contributed by atoms with Gasteiger partial charge in [0.25, 0.3) is 6.10 Å². The molecule has 0 N–H and O–H groups in total. The van der Waals surface area contributed by atoms with E-state index in [-0.39, 0.29) is 11.3 Å². The van der Waals surface area contributed by atoms with E-state index >= 15 is 0 Å². The highest BCUT2D eigenvalue weighted by Crippen LogP contribution is 2.38. The highest BCUT2D eigenvalue weighted by atomic mass is 32.2. The van der Waals surface area contributed by atoms with Crippen molar-refractivity contribution >= 4 is 28.1 Å². The molecule has 0 fully saturated rings. The van der Waals surface area contributed by atoms with Crippen LogP contribution < -0.4 is 4.74 Å². The maximum Gasteiger partial charge on any atom is 0.432 e. The number of alkyl halides is 5. The number of allylic oxidation sites excluding steroid dienone is 1. The molecule has 0 saturated heterocycles. The topological polar surface area (TPSA) is 110 Å². The van der Waals surface area contributed by atoms with Crippen molar-refractivity contribution in [2.75, 3.05) is 0 Å². The molecular weight excluding hydrogens is 479 g/mol. The first-order chi connectivity index (χ1) is 15.2. The zero-order chi connectivity index (χ0) is 24.6. The van der Waals surface area contributed by atoms with Gasteiger partial charge in [-0.1, -0.05) is 18.2 Å². The number of rotatable bonds is 6. The summed E-state index contributed by atoms with van der Waals surface area (Å²) in [4.78, 5) is 24.1. The van der Waals surface area contributed by atoms with E-state index in [1.807, 2.05) is 12.2 Å². The maximum atomic E-state index is 13.5. The Morgan fingerprint density at radius 1 is 0.939 bits per heavy atom. The van der Waals surface area contributed by atoms with Crippen LogP contribution in [0.5, 0.6) is 5.75 Å². The standard InChI is InChI=1S/C20H13F5O7S/c21-19(22,23)18(20(24,25)33(28,29)30)32-16(26)12-6-8-15(9-7-12)31-17(27)14-5-4-11-2-1-3-13(11)10-14/h1-2,4-10,18H,3H2,(H,28,29,30)/p-1. The molecule has 0 radical (unpaired) electrons. The maximum absolute atomic E-state index is 13.5. The average molecular weight is 491 g/mol. The van der Waals surface area contributed by atoms with Gasteiger partial charge in [-0.3, -0.25) is 0 Å². The molecule has 1 atom stereocenters. The first kappa shape index (κ1) is 24.3. The van der Waals surface area contributed by atoms with Crippen molar-refractivity contribution in [3.63, 3.8) is 0 Å². The third kappa shape index (κ3) is 5.20. The van der Waals surface area contributed by atoms with Gasteiger partial charge in [-0.15, -0.1) is 0 Å². The van der Waals surface area contributed by atoms with Gasteiger partial charge in [0, 0.05) is 0 Å². The van der Waals surface area contributed by atoms with Gasteiger partial charge in [-0.2, -0.15) is 22.0 Å². The van der Waals surface area contributed by atoms with E-state index in [1.54, 1.807) is 12.1 Å². The molecule has 0 bridgehead atoms. The fraction of sp³-hybridized carbons (Fsp3) is 0.200. The molecule has 13 heteroatoms. The number of carbonyl (C=O) groups excluding carboxylic acids is 2. The zero-order valence-corrected chi connectivity index (χ0v) is 17.0. The Labute approximate surface area is 183 Å². The summed E-state index contributed by atoms with van der Waals surface area (Å²) in [6, 6.07) is 8.41. The summed E-state index contributed by atoms with van der Waals surface area (Å²) in [5.74, 6) is -2.88. The smallest absolute Gasteiger partial charge is 0.432 e. The first-order valence-corrected chi connectivity index (χ1v) is 10.3. The SMILES string of the molecule is O=C(Oc1ccc(C(=O)OC(C(F)(F)F)C(F)(F)S(=O)(=O)[O-])cc1)c1ccc2c(c1)CC=C2. The number of hydrogen-bond donors (Lipinski definition) is 0. The second-order valence-electron chi connectivity index (χ2n) is 6.78. The molecule has 0 spiro atoms.